The Morgan fingerprint density at radius 3 is 2.97 bits per heavy atom. The van der Waals surface area contributed by atoms with Gasteiger partial charge in [-0.3, -0.25) is 4.99 Å². The number of anilines is 1. The summed E-state index contributed by atoms with van der Waals surface area (Å²) in [6.07, 6.45) is 4.94. The van der Waals surface area contributed by atoms with Gasteiger partial charge in [-0.15, -0.1) is 34.2 Å². The first kappa shape index (κ1) is 24.2. The van der Waals surface area contributed by atoms with Crippen molar-refractivity contribution in [2.45, 2.75) is 45.7 Å². The van der Waals surface area contributed by atoms with Crippen LogP contribution in [0.3, 0.4) is 0 Å². The second-order valence-corrected chi connectivity index (χ2v) is 7.19. The van der Waals surface area contributed by atoms with Crippen LogP contribution in [-0.2, 0) is 13.0 Å². The topological polar surface area (TPSA) is 79.6 Å². The Hall–Kier alpha value is -2.04. The molecule has 1 aromatic heterocycles. The molecule has 1 aliphatic heterocycles. The molecule has 1 unspecified atom stereocenters. The molecule has 30 heavy (non-hydrogen) atoms. The van der Waals surface area contributed by atoms with Crippen LogP contribution in [-0.4, -0.2) is 60.1 Å². The van der Waals surface area contributed by atoms with Gasteiger partial charge in [0.15, 0.2) is 5.96 Å². The summed E-state index contributed by atoms with van der Waals surface area (Å²) in [5.41, 5.74) is 1.21. The normalized spacial score (nSPS) is 16.7. The SMILES string of the molecule is CCNC(=NCCn1cnnc1CC)NC1CCCN(c2cccc(OC)c2)C1.I. The second kappa shape index (κ2) is 12.6. The molecule has 2 aromatic rings. The molecule has 0 radical (unpaired) electrons. The first-order valence-corrected chi connectivity index (χ1v) is 10.5. The van der Waals surface area contributed by atoms with Crippen LogP contribution in [0, 0.1) is 0 Å². The van der Waals surface area contributed by atoms with Gasteiger partial charge >= 0.3 is 0 Å². The highest BCUT2D eigenvalue weighted by Gasteiger charge is 2.21. The van der Waals surface area contributed by atoms with Crippen molar-refractivity contribution in [2.24, 2.45) is 4.99 Å². The molecule has 9 heteroatoms. The highest BCUT2D eigenvalue weighted by molar-refractivity contribution is 14.0. The molecule has 0 bridgehead atoms. The monoisotopic (exact) mass is 527 g/mol. The summed E-state index contributed by atoms with van der Waals surface area (Å²) in [6.45, 7) is 8.50. The van der Waals surface area contributed by atoms with Crippen molar-refractivity contribution in [3.8, 4) is 5.75 Å². The standard InChI is InChI=1S/C21H33N7O.HI/c1-4-20-26-24-16-28(20)13-11-23-21(22-5-2)25-17-8-7-12-27(15-17)18-9-6-10-19(14-18)29-3;/h6,9-10,14,16-17H,4-5,7-8,11-13,15H2,1-3H3,(H2,22,23,25);1H. The smallest absolute Gasteiger partial charge is 0.191 e. The highest BCUT2D eigenvalue weighted by atomic mass is 127. The Morgan fingerprint density at radius 2 is 2.20 bits per heavy atom. The molecule has 166 valence electrons. The molecular weight excluding hydrogens is 493 g/mol. The Bertz CT molecular complexity index is 795. The fraction of sp³-hybridized carbons (Fsp3) is 0.571. The van der Waals surface area contributed by atoms with E-state index in [1.807, 2.05) is 12.1 Å². The van der Waals surface area contributed by atoms with Crippen molar-refractivity contribution in [3.05, 3.63) is 36.4 Å². The van der Waals surface area contributed by atoms with Gasteiger partial charge in [-0.1, -0.05) is 13.0 Å². The van der Waals surface area contributed by atoms with Gasteiger partial charge in [-0.05, 0) is 31.9 Å². The number of benzene rings is 1. The molecule has 0 amide bonds. The van der Waals surface area contributed by atoms with E-state index >= 15 is 0 Å². The largest absolute Gasteiger partial charge is 0.497 e. The van der Waals surface area contributed by atoms with Gasteiger partial charge < -0.3 is 24.8 Å². The third-order valence-electron chi connectivity index (χ3n) is 5.15. The molecular formula is C21H34IN7O. The molecule has 1 atom stereocenters. The van der Waals surface area contributed by atoms with Gasteiger partial charge in [0, 0.05) is 50.4 Å². The summed E-state index contributed by atoms with van der Waals surface area (Å²) in [7, 11) is 1.71. The minimum Gasteiger partial charge on any atom is -0.497 e. The predicted octanol–water partition coefficient (Wildman–Crippen LogP) is 2.69. The fourth-order valence-corrected chi connectivity index (χ4v) is 3.66. The summed E-state index contributed by atoms with van der Waals surface area (Å²) in [4.78, 5) is 7.18. The van der Waals surface area contributed by atoms with Crippen LogP contribution in [0.5, 0.6) is 5.75 Å². The van der Waals surface area contributed by atoms with Crippen molar-refractivity contribution < 1.29 is 4.74 Å². The third-order valence-corrected chi connectivity index (χ3v) is 5.15. The summed E-state index contributed by atoms with van der Waals surface area (Å²) in [6, 6.07) is 8.64. The van der Waals surface area contributed by atoms with Gasteiger partial charge in [0.1, 0.15) is 17.9 Å². The molecule has 1 saturated heterocycles. The number of aromatic nitrogens is 3. The Morgan fingerprint density at radius 1 is 1.33 bits per heavy atom. The van der Waals surface area contributed by atoms with Gasteiger partial charge in [-0.25, -0.2) is 0 Å². The number of nitrogens with one attached hydrogen (secondary N) is 2. The minimum absolute atomic E-state index is 0. The van der Waals surface area contributed by atoms with E-state index < -0.39 is 0 Å². The maximum Gasteiger partial charge on any atom is 0.191 e. The van der Waals surface area contributed by atoms with E-state index in [0.29, 0.717) is 12.6 Å². The van der Waals surface area contributed by atoms with Crippen molar-refractivity contribution in [3.63, 3.8) is 0 Å². The molecule has 8 nitrogen and oxygen atoms in total. The lowest BCUT2D eigenvalue weighted by molar-refractivity contribution is 0.414. The number of piperidine rings is 1. The quantitative estimate of drug-likeness (QED) is 0.312. The molecule has 1 aliphatic rings. The lowest BCUT2D eigenvalue weighted by atomic mass is 10.0. The summed E-state index contributed by atoms with van der Waals surface area (Å²) in [5, 5.41) is 15.1. The second-order valence-electron chi connectivity index (χ2n) is 7.19. The summed E-state index contributed by atoms with van der Waals surface area (Å²) >= 11 is 0. The number of aliphatic imine (C=N–C) groups is 1. The number of halogens is 1. The van der Waals surface area contributed by atoms with Crippen LogP contribution in [0.15, 0.2) is 35.6 Å². The van der Waals surface area contributed by atoms with Crippen molar-refractivity contribution >= 4 is 35.6 Å². The van der Waals surface area contributed by atoms with E-state index in [-0.39, 0.29) is 24.0 Å². The molecule has 0 spiro atoms. The Balaban J connectivity index is 0.00000320. The molecule has 0 aliphatic carbocycles. The van der Waals surface area contributed by atoms with Crippen molar-refractivity contribution in [1.82, 2.24) is 25.4 Å². The zero-order valence-electron chi connectivity index (χ0n) is 18.2. The number of hydrogen-bond donors (Lipinski definition) is 2. The average Bonchev–Trinajstić information content (AvgIpc) is 3.21. The number of methoxy groups -OCH3 is 1. The lowest BCUT2D eigenvalue weighted by Crippen LogP contribution is -2.51. The predicted molar refractivity (Wildman–Crippen MR) is 132 cm³/mol. The molecule has 0 saturated carbocycles. The first-order chi connectivity index (χ1) is 14.2. The third kappa shape index (κ3) is 6.75. The maximum atomic E-state index is 5.38. The van der Waals surface area contributed by atoms with Crippen LogP contribution < -0.4 is 20.3 Å². The van der Waals surface area contributed by atoms with Crippen LogP contribution >= 0.6 is 24.0 Å². The molecule has 2 N–H and O–H groups in total. The van der Waals surface area contributed by atoms with Crippen LogP contribution in [0.4, 0.5) is 5.69 Å². The fourth-order valence-electron chi connectivity index (χ4n) is 3.66. The number of rotatable bonds is 8. The number of aryl methyl sites for hydroxylation is 1. The number of hydrogen-bond acceptors (Lipinski definition) is 5. The van der Waals surface area contributed by atoms with Crippen molar-refractivity contribution in [2.75, 3.05) is 38.2 Å². The number of guanidine groups is 1. The van der Waals surface area contributed by atoms with E-state index in [2.05, 4.69) is 56.3 Å². The van der Waals surface area contributed by atoms with E-state index in [0.717, 1.165) is 63.0 Å². The average molecular weight is 527 g/mol. The van der Waals surface area contributed by atoms with Gasteiger partial charge in [0.25, 0.3) is 0 Å². The van der Waals surface area contributed by atoms with Crippen LogP contribution in [0.2, 0.25) is 0 Å². The molecule has 2 heterocycles. The highest BCUT2D eigenvalue weighted by Crippen LogP contribution is 2.24. The van der Waals surface area contributed by atoms with Gasteiger partial charge in [0.05, 0.1) is 13.7 Å². The van der Waals surface area contributed by atoms with E-state index in [1.165, 1.54) is 5.69 Å². The first-order valence-electron chi connectivity index (χ1n) is 10.5. The van der Waals surface area contributed by atoms with E-state index in [9.17, 15) is 0 Å². The molecule has 3 rings (SSSR count). The lowest BCUT2D eigenvalue weighted by Gasteiger charge is -2.35. The number of ether oxygens (including phenoxy) is 1. The van der Waals surface area contributed by atoms with Crippen LogP contribution in [0.1, 0.15) is 32.5 Å². The molecule has 1 fully saturated rings. The van der Waals surface area contributed by atoms with Gasteiger partial charge in [0.2, 0.25) is 0 Å². The number of nitrogens with zero attached hydrogens (tertiary/aromatic N) is 5. The molecule has 1 aromatic carbocycles. The zero-order chi connectivity index (χ0) is 20.5. The van der Waals surface area contributed by atoms with E-state index in [4.69, 9.17) is 9.73 Å². The summed E-state index contributed by atoms with van der Waals surface area (Å²) < 4.78 is 7.45. The Labute approximate surface area is 196 Å². The summed E-state index contributed by atoms with van der Waals surface area (Å²) in [5.74, 6) is 2.77. The zero-order valence-corrected chi connectivity index (χ0v) is 20.5. The maximum absolute atomic E-state index is 5.38. The van der Waals surface area contributed by atoms with Gasteiger partial charge in [-0.2, -0.15) is 0 Å². The Kier molecular flexibility index (Phi) is 10.2. The van der Waals surface area contributed by atoms with Crippen LogP contribution in [0.25, 0.3) is 0 Å². The van der Waals surface area contributed by atoms with E-state index in [1.54, 1.807) is 13.4 Å². The minimum atomic E-state index is 0. The van der Waals surface area contributed by atoms with Crippen molar-refractivity contribution in [1.29, 1.82) is 0 Å².